The van der Waals surface area contributed by atoms with Gasteiger partial charge in [0.15, 0.2) is 0 Å². The first-order chi connectivity index (χ1) is 10.0. The summed E-state index contributed by atoms with van der Waals surface area (Å²) in [6, 6.07) is 1.46. The fourth-order valence-electron chi connectivity index (χ4n) is 1.80. The van der Waals surface area contributed by atoms with Gasteiger partial charge in [-0.25, -0.2) is 4.98 Å². The fourth-order valence-corrected chi connectivity index (χ4v) is 2.02. The van der Waals surface area contributed by atoms with E-state index < -0.39 is 11.9 Å². The number of carbonyl (C=O) groups is 2. The van der Waals surface area contributed by atoms with Gasteiger partial charge in [0.05, 0.1) is 12.2 Å². The largest absolute Gasteiger partial charge is 0.480 e. The molecule has 1 N–H and O–H groups in total. The fraction of sp³-hybridized carbons (Fsp3) is 0.500. The van der Waals surface area contributed by atoms with Crippen molar-refractivity contribution < 1.29 is 19.4 Å². The predicted octanol–water partition coefficient (Wildman–Crippen LogP) is 2.07. The van der Waals surface area contributed by atoms with Gasteiger partial charge >= 0.3 is 5.97 Å². The van der Waals surface area contributed by atoms with E-state index >= 15 is 0 Å². The highest BCUT2D eigenvalue weighted by Crippen LogP contribution is 2.31. The first-order valence-electron chi connectivity index (χ1n) is 6.80. The number of hydrogen-bond donors (Lipinski definition) is 1. The Labute approximate surface area is 127 Å². The zero-order chi connectivity index (χ0) is 15.4. The Bertz CT molecular complexity index is 546. The molecule has 0 bridgehead atoms. The second-order valence-electron chi connectivity index (χ2n) is 4.98. The number of ether oxygens (including phenoxy) is 1. The Morgan fingerprint density at radius 1 is 1.52 bits per heavy atom. The summed E-state index contributed by atoms with van der Waals surface area (Å²) in [7, 11) is 0. The Kier molecular flexibility index (Phi) is 5.01. The first kappa shape index (κ1) is 15.6. The highest BCUT2D eigenvalue weighted by Gasteiger charge is 2.23. The third-order valence-electron chi connectivity index (χ3n) is 3.20. The van der Waals surface area contributed by atoms with Crippen molar-refractivity contribution in [1.82, 2.24) is 9.88 Å². The van der Waals surface area contributed by atoms with Crippen molar-refractivity contribution in [3.63, 3.8) is 0 Å². The molecule has 0 aromatic carbocycles. The van der Waals surface area contributed by atoms with Crippen LogP contribution >= 0.6 is 11.6 Å². The minimum Gasteiger partial charge on any atom is -0.480 e. The monoisotopic (exact) mass is 312 g/mol. The lowest BCUT2D eigenvalue weighted by Gasteiger charge is -2.18. The van der Waals surface area contributed by atoms with E-state index in [0.29, 0.717) is 24.9 Å². The van der Waals surface area contributed by atoms with Gasteiger partial charge in [-0.1, -0.05) is 11.6 Å². The number of rotatable bonds is 7. The van der Waals surface area contributed by atoms with Crippen LogP contribution in [-0.4, -0.2) is 46.6 Å². The highest BCUT2D eigenvalue weighted by molar-refractivity contribution is 6.32. The van der Waals surface area contributed by atoms with E-state index in [-0.39, 0.29) is 17.1 Å². The number of likely N-dealkylation sites (N-methyl/N-ethyl adjacent to an activating group) is 1. The summed E-state index contributed by atoms with van der Waals surface area (Å²) in [5.74, 6) is -0.589. The van der Waals surface area contributed by atoms with Crippen LogP contribution in [0.3, 0.4) is 0 Å². The number of halogens is 1. The maximum Gasteiger partial charge on any atom is 0.323 e. The quantitative estimate of drug-likeness (QED) is 0.833. The molecule has 1 amide bonds. The molecule has 2 rings (SSSR count). The van der Waals surface area contributed by atoms with Crippen LogP contribution in [0.4, 0.5) is 0 Å². The highest BCUT2D eigenvalue weighted by atomic mass is 35.5. The summed E-state index contributed by atoms with van der Waals surface area (Å²) < 4.78 is 5.48. The normalized spacial score (nSPS) is 13.8. The Balaban J connectivity index is 2.06. The number of carboxylic acid groups (broad SMARTS) is 1. The van der Waals surface area contributed by atoms with Gasteiger partial charge in [-0.3, -0.25) is 9.59 Å². The third kappa shape index (κ3) is 4.32. The van der Waals surface area contributed by atoms with Crippen LogP contribution in [0.2, 0.25) is 5.02 Å². The van der Waals surface area contributed by atoms with Gasteiger partial charge in [-0.2, -0.15) is 0 Å². The number of amides is 1. The Hall–Kier alpha value is -1.82. The maximum absolute atomic E-state index is 12.2. The molecule has 0 unspecified atom stereocenters. The van der Waals surface area contributed by atoms with Crippen LogP contribution in [0.1, 0.15) is 30.1 Å². The molecular weight excluding hydrogens is 296 g/mol. The second-order valence-corrected chi connectivity index (χ2v) is 5.39. The topological polar surface area (TPSA) is 79.7 Å². The number of carbonyl (C=O) groups excluding carboxylic acids is 1. The average Bonchev–Trinajstić information content (AvgIpc) is 3.26. The van der Waals surface area contributed by atoms with Crippen molar-refractivity contribution in [1.29, 1.82) is 0 Å². The van der Waals surface area contributed by atoms with Crippen LogP contribution in [0.25, 0.3) is 0 Å². The molecule has 6 nitrogen and oxygen atoms in total. The Morgan fingerprint density at radius 2 is 2.24 bits per heavy atom. The lowest BCUT2D eigenvalue weighted by Crippen LogP contribution is -2.35. The molecule has 0 spiro atoms. The summed E-state index contributed by atoms with van der Waals surface area (Å²) in [6.07, 6.45) is 3.69. The van der Waals surface area contributed by atoms with Crippen molar-refractivity contribution in [2.45, 2.75) is 19.8 Å². The number of aliphatic carboxylic acids is 1. The van der Waals surface area contributed by atoms with E-state index in [1.807, 2.05) is 0 Å². The van der Waals surface area contributed by atoms with Crippen molar-refractivity contribution >= 4 is 23.5 Å². The van der Waals surface area contributed by atoms with Crippen molar-refractivity contribution in [3.05, 3.63) is 22.8 Å². The van der Waals surface area contributed by atoms with Crippen molar-refractivity contribution in [2.24, 2.45) is 5.92 Å². The zero-order valence-corrected chi connectivity index (χ0v) is 12.5. The summed E-state index contributed by atoms with van der Waals surface area (Å²) in [6.45, 7) is 2.23. The van der Waals surface area contributed by atoms with Crippen LogP contribution in [0, 0.1) is 5.92 Å². The molecule has 0 radical (unpaired) electrons. The Morgan fingerprint density at radius 3 is 2.76 bits per heavy atom. The first-order valence-corrected chi connectivity index (χ1v) is 7.18. The maximum atomic E-state index is 12.2. The lowest BCUT2D eigenvalue weighted by molar-refractivity contribution is -0.137. The van der Waals surface area contributed by atoms with Gasteiger partial charge in [-0.05, 0) is 31.7 Å². The summed E-state index contributed by atoms with van der Waals surface area (Å²) in [4.78, 5) is 28.2. The standard InChI is InChI=1S/C14H17ClN2O4/c1-2-17(7-12(18)19)14(20)10-5-11(15)13(16-6-10)21-8-9-3-4-9/h5-6,9H,2-4,7-8H2,1H3,(H,18,19). The molecule has 1 heterocycles. The van der Waals surface area contributed by atoms with E-state index in [1.54, 1.807) is 6.92 Å². The molecule has 1 aromatic rings. The minimum absolute atomic E-state index is 0.252. The van der Waals surface area contributed by atoms with Crippen LogP contribution in [0.5, 0.6) is 5.88 Å². The van der Waals surface area contributed by atoms with Gasteiger partial charge in [0.1, 0.15) is 11.6 Å². The van der Waals surface area contributed by atoms with Crippen molar-refractivity contribution in [2.75, 3.05) is 19.7 Å². The van der Waals surface area contributed by atoms with Crippen LogP contribution in [-0.2, 0) is 4.79 Å². The third-order valence-corrected chi connectivity index (χ3v) is 3.47. The summed E-state index contributed by atoms with van der Waals surface area (Å²) in [5, 5.41) is 9.04. The van der Waals surface area contributed by atoms with E-state index in [1.165, 1.54) is 17.2 Å². The number of hydrogen-bond acceptors (Lipinski definition) is 4. The molecule has 0 aliphatic heterocycles. The minimum atomic E-state index is -1.06. The number of carboxylic acids is 1. The molecule has 1 saturated carbocycles. The lowest BCUT2D eigenvalue weighted by atomic mass is 10.2. The molecule has 1 aromatic heterocycles. The second kappa shape index (κ2) is 6.76. The summed E-state index contributed by atoms with van der Waals surface area (Å²) >= 11 is 6.06. The van der Waals surface area contributed by atoms with Crippen LogP contribution < -0.4 is 4.74 Å². The van der Waals surface area contributed by atoms with Crippen LogP contribution in [0.15, 0.2) is 12.3 Å². The number of nitrogens with zero attached hydrogens (tertiary/aromatic N) is 2. The van der Waals surface area contributed by atoms with Gasteiger partial charge < -0.3 is 14.7 Å². The molecule has 1 aliphatic carbocycles. The molecule has 114 valence electrons. The molecule has 7 heteroatoms. The van der Waals surface area contributed by atoms with E-state index in [9.17, 15) is 9.59 Å². The van der Waals surface area contributed by atoms with Gasteiger partial charge in [0.2, 0.25) is 5.88 Å². The number of pyridine rings is 1. The van der Waals surface area contributed by atoms with E-state index in [2.05, 4.69) is 4.98 Å². The van der Waals surface area contributed by atoms with E-state index in [0.717, 1.165) is 12.8 Å². The zero-order valence-electron chi connectivity index (χ0n) is 11.7. The summed E-state index contributed by atoms with van der Waals surface area (Å²) in [5.41, 5.74) is 0.252. The van der Waals surface area contributed by atoms with Gasteiger partial charge in [0, 0.05) is 12.7 Å². The van der Waals surface area contributed by atoms with E-state index in [4.69, 9.17) is 21.4 Å². The van der Waals surface area contributed by atoms with Gasteiger partial charge in [0.25, 0.3) is 5.91 Å². The molecule has 0 saturated heterocycles. The molecule has 1 fully saturated rings. The molecular formula is C14H17ClN2O4. The SMILES string of the molecule is CCN(CC(=O)O)C(=O)c1cnc(OCC2CC2)c(Cl)c1. The molecule has 1 aliphatic rings. The van der Waals surface area contributed by atoms with Crippen molar-refractivity contribution in [3.8, 4) is 5.88 Å². The predicted molar refractivity (Wildman–Crippen MR) is 76.7 cm³/mol. The smallest absolute Gasteiger partial charge is 0.323 e. The van der Waals surface area contributed by atoms with Gasteiger partial charge in [-0.15, -0.1) is 0 Å². The average molecular weight is 313 g/mol. The number of aromatic nitrogens is 1. The molecule has 21 heavy (non-hydrogen) atoms. The molecule has 0 atom stereocenters.